The molecule has 4 heteroatoms. The van der Waals surface area contributed by atoms with E-state index in [0.29, 0.717) is 6.42 Å². The van der Waals surface area contributed by atoms with Gasteiger partial charge in [-0.1, -0.05) is 12.1 Å². The van der Waals surface area contributed by atoms with Crippen molar-refractivity contribution in [3.05, 3.63) is 36.0 Å². The first kappa shape index (κ1) is 12.6. The summed E-state index contributed by atoms with van der Waals surface area (Å²) in [6.45, 7) is 0.866. The zero-order chi connectivity index (χ0) is 13.0. The van der Waals surface area contributed by atoms with Crippen molar-refractivity contribution in [2.24, 2.45) is 0 Å². The molecule has 0 spiro atoms. The van der Waals surface area contributed by atoms with Crippen molar-refractivity contribution in [2.45, 2.75) is 26.0 Å². The van der Waals surface area contributed by atoms with Crippen LogP contribution in [-0.4, -0.2) is 22.6 Å². The van der Waals surface area contributed by atoms with Crippen LogP contribution in [0.25, 0.3) is 10.9 Å². The molecule has 0 unspecified atom stereocenters. The Morgan fingerprint density at radius 1 is 1.39 bits per heavy atom. The fourth-order valence-corrected chi connectivity index (χ4v) is 2.06. The summed E-state index contributed by atoms with van der Waals surface area (Å²) >= 11 is 0. The third-order valence-electron chi connectivity index (χ3n) is 3.10. The third kappa shape index (κ3) is 2.71. The fraction of sp³-hybridized carbons (Fsp3) is 0.357. The highest BCUT2D eigenvalue weighted by atomic mass is 16.3. The molecule has 1 heterocycles. The second kappa shape index (κ2) is 5.69. The minimum absolute atomic E-state index is 0.0549. The van der Waals surface area contributed by atoms with E-state index in [1.807, 2.05) is 24.4 Å². The van der Waals surface area contributed by atoms with E-state index in [9.17, 15) is 4.79 Å². The lowest BCUT2D eigenvalue weighted by Gasteiger charge is -2.06. The maximum absolute atomic E-state index is 11.2. The predicted molar refractivity (Wildman–Crippen MR) is 71.2 cm³/mol. The first-order valence-corrected chi connectivity index (χ1v) is 6.14. The maximum Gasteiger partial charge on any atom is 0.219 e. The molecule has 0 saturated heterocycles. The molecule has 1 amide bonds. The number of nitrogens with one attached hydrogen (secondary N) is 1. The highest BCUT2D eigenvalue weighted by Gasteiger charge is 2.03. The summed E-state index contributed by atoms with van der Waals surface area (Å²) in [5.41, 5.74) is 2.02. The summed E-state index contributed by atoms with van der Waals surface area (Å²) in [5, 5.41) is 12.9. The Bertz CT molecular complexity index is 546. The van der Waals surface area contributed by atoms with Gasteiger partial charge < -0.3 is 15.0 Å². The zero-order valence-corrected chi connectivity index (χ0v) is 10.5. The van der Waals surface area contributed by atoms with E-state index in [1.54, 1.807) is 7.05 Å². The molecule has 0 aliphatic rings. The number of aliphatic hydroxyl groups is 1. The second-order valence-electron chi connectivity index (χ2n) is 4.34. The molecule has 0 aliphatic heterocycles. The molecule has 0 atom stereocenters. The number of aryl methyl sites for hydroxylation is 1. The van der Waals surface area contributed by atoms with E-state index in [0.717, 1.165) is 29.4 Å². The summed E-state index contributed by atoms with van der Waals surface area (Å²) in [4.78, 5) is 11.2. The molecule has 0 radical (unpaired) electrons. The predicted octanol–water partition coefficient (Wildman–Crippen LogP) is 1.66. The Hall–Kier alpha value is -1.81. The van der Waals surface area contributed by atoms with Crippen molar-refractivity contribution in [3.63, 3.8) is 0 Å². The van der Waals surface area contributed by atoms with Crippen molar-refractivity contribution >= 4 is 16.8 Å². The first-order valence-electron chi connectivity index (χ1n) is 6.14. The van der Waals surface area contributed by atoms with E-state index in [1.165, 1.54) is 0 Å². The summed E-state index contributed by atoms with van der Waals surface area (Å²) in [7, 11) is 1.65. The van der Waals surface area contributed by atoms with Gasteiger partial charge in [0.25, 0.3) is 0 Å². The van der Waals surface area contributed by atoms with Crippen LogP contribution < -0.4 is 5.32 Å². The standard InChI is InChI=1S/C14H18N2O2/c1-15-14(18)3-2-7-16-8-6-12-5-4-11(10-17)9-13(12)16/h4-6,8-9,17H,2-3,7,10H2,1H3,(H,15,18). The molecule has 2 N–H and O–H groups in total. The van der Waals surface area contributed by atoms with Crippen molar-refractivity contribution in [1.82, 2.24) is 9.88 Å². The number of fused-ring (bicyclic) bond motifs is 1. The Balaban J connectivity index is 2.10. The monoisotopic (exact) mass is 246 g/mol. The van der Waals surface area contributed by atoms with Crippen molar-refractivity contribution in [1.29, 1.82) is 0 Å². The van der Waals surface area contributed by atoms with Gasteiger partial charge in [0.05, 0.1) is 6.61 Å². The van der Waals surface area contributed by atoms with E-state index in [4.69, 9.17) is 5.11 Å². The Morgan fingerprint density at radius 2 is 2.22 bits per heavy atom. The zero-order valence-electron chi connectivity index (χ0n) is 10.5. The quantitative estimate of drug-likeness (QED) is 0.843. The molecule has 0 aliphatic carbocycles. The summed E-state index contributed by atoms with van der Waals surface area (Å²) < 4.78 is 2.12. The number of rotatable bonds is 5. The Kier molecular flexibility index (Phi) is 3.99. The number of aliphatic hydroxyl groups excluding tert-OH is 1. The number of hydrogen-bond donors (Lipinski definition) is 2. The van der Waals surface area contributed by atoms with Crippen molar-refractivity contribution in [3.8, 4) is 0 Å². The molecular weight excluding hydrogens is 228 g/mol. The van der Waals surface area contributed by atoms with Crippen LogP contribution in [-0.2, 0) is 17.9 Å². The normalized spacial score (nSPS) is 10.8. The van der Waals surface area contributed by atoms with E-state index in [-0.39, 0.29) is 12.5 Å². The number of carbonyl (C=O) groups is 1. The third-order valence-corrected chi connectivity index (χ3v) is 3.10. The average molecular weight is 246 g/mol. The van der Waals surface area contributed by atoms with Gasteiger partial charge in [-0.05, 0) is 29.5 Å². The minimum atomic E-state index is 0.0549. The maximum atomic E-state index is 11.2. The lowest BCUT2D eigenvalue weighted by atomic mass is 10.2. The molecule has 18 heavy (non-hydrogen) atoms. The van der Waals surface area contributed by atoms with Crippen molar-refractivity contribution < 1.29 is 9.90 Å². The van der Waals surface area contributed by atoms with Crippen molar-refractivity contribution in [2.75, 3.05) is 7.05 Å². The molecule has 1 aromatic carbocycles. The van der Waals surface area contributed by atoms with Crippen LogP contribution in [0.2, 0.25) is 0 Å². The highest BCUT2D eigenvalue weighted by Crippen LogP contribution is 2.18. The Labute approximate surface area is 106 Å². The summed E-state index contributed by atoms with van der Waals surface area (Å²) in [6, 6.07) is 7.99. The second-order valence-corrected chi connectivity index (χ2v) is 4.34. The van der Waals surface area contributed by atoms with Gasteiger partial charge in [0.1, 0.15) is 0 Å². The van der Waals surface area contributed by atoms with Gasteiger partial charge in [-0.25, -0.2) is 0 Å². The van der Waals surface area contributed by atoms with Gasteiger partial charge >= 0.3 is 0 Å². The smallest absolute Gasteiger partial charge is 0.219 e. The summed E-state index contributed by atoms with van der Waals surface area (Å²) in [6.07, 6.45) is 3.37. The van der Waals surface area contributed by atoms with E-state index in [2.05, 4.69) is 16.0 Å². The van der Waals surface area contributed by atoms with Crippen LogP contribution >= 0.6 is 0 Å². The van der Waals surface area contributed by atoms with Crippen LogP contribution in [0.1, 0.15) is 18.4 Å². The molecular formula is C14H18N2O2. The lowest BCUT2D eigenvalue weighted by molar-refractivity contribution is -0.120. The van der Waals surface area contributed by atoms with Gasteiger partial charge in [0, 0.05) is 31.7 Å². The van der Waals surface area contributed by atoms with Gasteiger partial charge in [0.2, 0.25) is 5.91 Å². The minimum Gasteiger partial charge on any atom is -0.392 e. The largest absolute Gasteiger partial charge is 0.392 e. The lowest BCUT2D eigenvalue weighted by Crippen LogP contribution is -2.17. The van der Waals surface area contributed by atoms with Gasteiger partial charge in [-0.2, -0.15) is 0 Å². The van der Waals surface area contributed by atoms with Crippen LogP contribution in [0.15, 0.2) is 30.5 Å². The molecule has 0 saturated carbocycles. The van der Waals surface area contributed by atoms with E-state index >= 15 is 0 Å². The Morgan fingerprint density at radius 3 is 2.94 bits per heavy atom. The van der Waals surface area contributed by atoms with Crippen LogP contribution in [0.5, 0.6) is 0 Å². The highest BCUT2D eigenvalue weighted by molar-refractivity contribution is 5.80. The summed E-state index contributed by atoms with van der Waals surface area (Å²) in [5.74, 6) is 0.0718. The van der Waals surface area contributed by atoms with Gasteiger partial charge in [0.15, 0.2) is 0 Å². The van der Waals surface area contributed by atoms with Crippen LogP contribution in [0.4, 0.5) is 0 Å². The first-order chi connectivity index (χ1) is 8.74. The number of nitrogens with zero attached hydrogens (tertiary/aromatic N) is 1. The molecule has 2 aromatic rings. The topological polar surface area (TPSA) is 54.3 Å². The number of amides is 1. The molecule has 2 rings (SSSR count). The van der Waals surface area contributed by atoms with Gasteiger partial charge in [-0.15, -0.1) is 0 Å². The van der Waals surface area contributed by atoms with E-state index < -0.39 is 0 Å². The number of hydrogen-bond acceptors (Lipinski definition) is 2. The van der Waals surface area contributed by atoms with Gasteiger partial charge in [-0.3, -0.25) is 4.79 Å². The number of benzene rings is 1. The molecule has 0 bridgehead atoms. The molecule has 0 fully saturated rings. The fourth-order valence-electron chi connectivity index (χ4n) is 2.06. The van der Waals surface area contributed by atoms with Crippen LogP contribution in [0.3, 0.4) is 0 Å². The molecule has 4 nitrogen and oxygen atoms in total. The molecule has 96 valence electrons. The number of carbonyl (C=O) groups excluding carboxylic acids is 1. The molecule has 1 aromatic heterocycles. The van der Waals surface area contributed by atoms with Crippen LogP contribution in [0, 0.1) is 0 Å². The average Bonchev–Trinajstić information content (AvgIpc) is 2.81. The SMILES string of the molecule is CNC(=O)CCCn1ccc2ccc(CO)cc21. The number of aromatic nitrogens is 1.